The van der Waals surface area contributed by atoms with Gasteiger partial charge in [-0.1, -0.05) is 11.6 Å². The van der Waals surface area contributed by atoms with Crippen LogP contribution in [0, 0.1) is 0 Å². The van der Waals surface area contributed by atoms with Crippen molar-refractivity contribution in [3.63, 3.8) is 0 Å². The molecule has 0 aromatic heterocycles. The molecule has 0 saturated heterocycles. The van der Waals surface area contributed by atoms with E-state index >= 15 is 0 Å². The van der Waals surface area contributed by atoms with Gasteiger partial charge in [0.1, 0.15) is 5.60 Å². The molecule has 1 aromatic carbocycles. The summed E-state index contributed by atoms with van der Waals surface area (Å²) in [5, 5.41) is -0.00468. The van der Waals surface area contributed by atoms with Crippen molar-refractivity contribution >= 4 is 11.6 Å². The molecule has 1 rings (SSSR count). The standard InChI is InChI=1S/C10H11ClF3NO/c1-9(2,16-15)6-3-7(10(12,13)14)5-8(11)4-6/h3-5H,15H2,1-2H3. The van der Waals surface area contributed by atoms with Crippen LogP contribution in [0.5, 0.6) is 0 Å². The van der Waals surface area contributed by atoms with Crippen molar-refractivity contribution in [2.75, 3.05) is 0 Å². The third kappa shape index (κ3) is 2.87. The first-order valence-corrected chi connectivity index (χ1v) is 4.81. The molecular formula is C10H11ClF3NO. The summed E-state index contributed by atoms with van der Waals surface area (Å²) in [6.45, 7) is 3.11. The highest BCUT2D eigenvalue weighted by atomic mass is 35.5. The summed E-state index contributed by atoms with van der Waals surface area (Å²) in [6.07, 6.45) is -4.44. The van der Waals surface area contributed by atoms with Gasteiger partial charge in [0.2, 0.25) is 0 Å². The van der Waals surface area contributed by atoms with Crippen molar-refractivity contribution in [2.45, 2.75) is 25.6 Å². The molecule has 1 aromatic rings. The second-order valence-corrected chi connectivity index (χ2v) is 4.29. The first-order chi connectivity index (χ1) is 7.16. The number of hydrogen-bond acceptors (Lipinski definition) is 2. The minimum atomic E-state index is -4.44. The molecule has 0 spiro atoms. The van der Waals surface area contributed by atoms with E-state index in [-0.39, 0.29) is 10.6 Å². The van der Waals surface area contributed by atoms with Crippen LogP contribution in [0.15, 0.2) is 18.2 Å². The van der Waals surface area contributed by atoms with E-state index in [0.717, 1.165) is 12.1 Å². The van der Waals surface area contributed by atoms with Crippen LogP contribution < -0.4 is 5.90 Å². The molecule has 0 aliphatic rings. The molecule has 0 aliphatic heterocycles. The lowest BCUT2D eigenvalue weighted by Crippen LogP contribution is -2.25. The van der Waals surface area contributed by atoms with E-state index in [4.69, 9.17) is 17.5 Å². The topological polar surface area (TPSA) is 35.2 Å². The monoisotopic (exact) mass is 253 g/mol. The van der Waals surface area contributed by atoms with Gasteiger partial charge in [-0.25, -0.2) is 5.90 Å². The van der Waals surface area contributed by atoms with E-state index in [1.807, 2.05) is 0 Å². The third-order valence-corrected chi connectivity index (χ3v) is 2.43. The molecule has 0 heterocycles. The molecule has 0 aliphatic carbocycles. The summed E-state index contributed by atoms with van der Waals surface area (Å²) in [4.78, 5) is 4.62. The van der Waals surface area contributed by atoms with Gasteiger partial charge < -0.3 is 0 Å². The maximum absolute atomic E-state index is 12.5. The average Bonchev–Trinajstić information content (AvgIpc) is 2.15. The van der Waals surface area contributed by atoms with Crippen LogP contribution in [0.4, 0.5) is 13.2 Å². The zero-order valence-corrected chi connectivity index (χ0v) is 9.49. The predicted molar refractivity (Wildman–Crippen MR) is 54.8 cm³/mol. The summed E-state index contributed by atoms with van der Waals surface area (Å²) in [6, 6.07) is 3.22. The molecule has 0 amide bonds. The first kappa shape index (κ1) is 13.3. The van der Waals surface area contributed by atoms with Gasteiger partial charge in [0, 0.05) is 5.02 Å². The molecule has 6 heteroatoms. The zero-order valence-electron chi connectivity index (χ0n) is 8.73. The summed E-state index contributed by atoms with van der Waals surface area (Å²) >= 11 is 5.62. The number of nitrogens with two attached hydrogens (primary N) is 1. The maximum atomic E-state index is 12.5. The van der Waals surface area contributed by atoms with E-state index in [1.54, 1.807) is 13.8 Å². The number of halogens is 4. The molecule has 90 valence electrons. The fourth-order valence-electron chi connectivity index (χ4n) is 1.17. The van der Waals surface area contributed by atoms with Gasteiger partial charge in [-0.2, -0.15) is 13.2 Å². The Morgan fingerprint density at radius 2 is 1.62 bits per heavy atom. The molecule has 2 N–H and O–H groups in total. The normalized spacial score (nSPS) is 12.9. The summed E-state index contributed by atoms with van der Waals surface area (Å²) in [5.74, 6) is 5.02. The van der Waals surface area contributed by atoms with E-state index in [2.05, 4.69) is 4.84 Å². The Balaban J connectivity index is 3.29. The van der Waals surface area contributed by atoms with Crippen LogP contribution in [0.2, 0.25) is 5.02 Å². The van der Waals surface area contributed by atoms with E-state index in [0.29, 0.717) is 0 Å². The minimum absolute atomic E-state index is 0.00468. The van der Waals surface area contributed by atoms with Crippen molar-refractivity contribution in [3.8, 4) is 0 Å². The van der Waals surface area contributed by atoms with Crippen molar-refractivity contribution in [3.05, 3.63) is 34.3 Å². The highest BCUT2D eigenvalue weighted by Gasteiger charge is 2.33. The van der Waals surface area contributed by atoms with Crippen molar-refractivity contribution in [2.24, 2.45) is 5.90 Å². The lowest BCUT2D eigenvalue weighted by atomic mass is 9.96. The fourth-order valence-corrected chi connectivity index (χ4v) is 1.40. The Bertz CT molecular complexity index is 390. The van der Waals surface area contributed by atoms with Crippen LogP contribution in [-0.4, -0.2) is 0 Å². The Morgan fingerprint density at radius 1 is 1.12 bits per heavy atom. The number of benzene rings is 1. The Labute approximate surface area is 96.1 Å². The van der Waals surface area contributed by atoms with Gasteiger partial charge in [0.15, 0.2) is 0 Å². The summed E-state index contributed by atoms with van der Waals surface area (Å²) in [5.41, 5.74) is -1.57. The lowest BCUT2D eigenvalue weighted by Gasteiger charge is -2.23. The summed E-state index contributed by atoms with van der Waals surface area (Å²) in [7, 11) is 0. The Kier molecular flexibility index (Phi) is 3.52. The molecular weight excluding hydrogens is 243 g/mol. The number of hydrogen-bond donors (Lipinski definition) is 1. The van der Waals surface area contributed by atoms with Gasteiger partial charge in [-0.15, -0.1) is 0 Å². The largest absolute Gasteiger partial charge is 0.416 e. The van der Waals surface area contributed by atoms with Gasteiger partial charge in [0.05, 0.1) is 5.56 Å². The fraction of sp³-hybridized carbons (Fsp3) is 0.400. The maximum Gasteiger partial charge on any atom is 0.416 e. The predicted octanol–water partition coefficient (Wildman–Crippen LogP) is 3.48. The van der Waals surface area contributed by atoms with Crippen LogP contribution >= 0.6 is 11.6 Å². The van der Waals surface area contributed by atoms with Gasteiger partial charge >= 0.3 is 6.18 Å². The molecule has 0 unspecified atom stereocenters. The SMILES string of the molecule is CC(C)(ON)c1cc(Cl)cc(C(F)(F)F)c1. The summed E-state index contributed by atoms with van der Waals surface area (Å²) < 4.78 is 37.5. The minimum Gasteiger partial charge on any atom is -0.294 e. The quantitative estimate of drug-likeness (QED) is 0.819. The third-order valence-electron chi connectivity index (χ3n) is 2.21. The smallest absolute Gasteiger partial charge is 0.294 e. The van der Waals surface area contributed by atoms with Crippen LogP contribution in [0.1, 0.15) is 25.0 Å². The highest BCUT2D eigenvalue weighted by molar-refractivity contribution is 6.30. The van der Waals surface area contributed by atoms with E-state index in [1.165, 1.54) is 6.07 Å². The van der Waals surface area contributed by atoms with Gasteiger partial charge in [-0.3, -0.25) is 4.84 Å². The van der Waals surface area contributed by atoms with Gasteiger partial charge in [-0.05, 0) is 37.6 Å². The number of alkyl halides is 3. The zero-order chi connectivity index (χ0) is 12.6. The lowest BCUT2D eigenvalue weighted by molar-refractivity contribution is -0.137. The molecule has 0 atom stereocenters. The van der Waals surface area contributed by atoms with Crippen LogP contribution in [0.25, 0.3) is 0 Å². The van der Waals surface area contributed by atoms with Crippen molar-refractivity contribution < 1.29 is 18.0 Å². The van der Waals surface area contributed by atoms with E-state index < -0.39 is 17.3 Å². The molecule has 0 bridgehead atoms. The van der Waals surface area contributed by atoms with Crippen LogP contribution in [0.3, 0.4) is 0 Å². The van der Waals surface area contributed by atoms with E-state index in [9.17, 15) is 13.2 Å². The Morgan fingerprint density at radius 3 is 2.06 bits per heavy atom. The molecule has 0 radical (unpaired) electrons. The second kappa shape index (κ2) is 4.24. The van der Waals surface area contributed by atoms with Crippen molar-refractivity contribution in [1.29, 1.82) is 0 Å². The van der Waals surface area contributed by atoms with Gasteiger partial charge in [0.25, 0.3) is 0 Å². The molecule has 0 saturated carbocycles. The highest BCUT2D eigenvalue weighted by Crippen LogP contribution is 2.35. The molecule has 2 nitrogen and oxygen atoms in total. The average molecular weight is 254 g/mol. The molecule has 0 fully saturated rings. The first-order valence-electron chi connectivity index (χ1n) is 4.43. The Hall–Kier alpha value is -0.780. The molecule has 16 heavy (non-hydrogen) atoms. The second-order valence-electron chi connectivity index (χ2n) is 3.85. The van der Waals surface area contributed by atoms with Crippen molar-refractivity contribution in [1.82, 2.24) is 0 Å². The van der Waals surface area contributed by atoms with Crippen LogP contribution in [-0.2, 0) is 16.6 Å². The number of rotatable bonds is 2.